The van der Waals surface area contributed by atoms with Gasteiger partial charge in [-0.1, -0.05) is 78.4 Å². The van der Waals surface area contributed by atoms with E-state index in [4.69, 9.17) is 0 Å². The summed E-state index contributed by atoms with van der Waals surface area (Å²) in [6.07, 6.45) is 2.70. The standard InChI is InChI=1S/C30H33N3O/c1-23-12-14-25(15-13-23)27(28-22-31(2)29-11-7-6-10-26(28)29)20-30(34)33-18-16-32(17-19-33)21-24-8-4-3-5-9-24/h3-15,22,27H,16-21H2,1-2H3. The van der Waals surface area contributed by atoms with E-state index in [0.29, 0.717) is 6.42 Å². The molecule has 4 nitrogen and oxygen atoms in total. The van der Waals surface area contributed by atoms with Gasteiger partial charge in [-0.25, -0.2) is 0 Å². The van der Waals surface area contributed by atoms with Gasteiger partial charge in [0.05, 0.1) is 0 Å². The molecular weight excluding hydrogens is 418 g/mol. The molecule has 174 valence electrons. The second-order valence-corrected chi connectivity index (χ2v) is 9.52. The number of carbonyl (C=O) groups is 1. The average molecular weight is 452 g/mol. The molecule has 0 spiro atoms. The van der Waals surface area contributed by atoms with Crippen LogP contribution in [-0.4, -0.2) is 46.5 Å². The van der Waals surface area contributed by atoms with Crippen molar-refractivity contribution in [1.82, 2.24) is 14.4 Å². The Kier molecular flexibility index (Phi) is 6.50. The Bertz CT molecular complexity index is 1250. The molecule has 0 saturated carbocycles. The molecule has 1 amide bonds. The van der Waals surface area contributed by atoms with Crippen molar-refractivity contribution in [1.29, 1.82) is 0 Å². The number of rotatable bonds is 6. The number of nitrogens with zero attached hydrogens (tertiary/aromatic N) is 3. The topological polar surface area (TPSA) is 28.5 Å². The lowest BCUT2D eigenvalue weighted by Gasteiger charge is -2.35. The molecule has 0 radical (unpaired) electrons. The van der Waals surface area contributed by atoms with Gasteiger partial charge in [0.2, 0.25) is 5.91 Å². The first-order valence-electron chi connectivity index (χ1n) is 12.2. The van der Waals surface area contributed by atoms with Crippen molar-refractivity contribution in [2.45, 2.75) is 25.8 Å². The molecule has 1 aliphatic rings. The molecule has 0 bridgehead atoms. The predicted octanol–water partition coefficient (Wildman–Crippen LogP) is 5.35. The van der Waals surface area contributed by atoms with Crippen LogP contribution in [-0.2, 0) is 18.4 Å². The normalized spacial score (nSPS) is 15.5. The Morgan fingerprint density at radius 2 is 1.53 bits per heavy atom. The monoisotopic (exact) mass is 451 g/mol. The van der Waals surface area contributed by atoms with Gasteiger partial charge in [-0.15, -0.1) is 0 Å². The second kappa shape index (κ2) is 9.86. The van der Waals surface area contributed by atoms with Crippen molar-refractivity contribution in [2.75, 3.05) is 26.2 Å². The summed E-state index contributed by atoms with van der Waals surface area (Å²) in [4.78, 5) is 18.0. The lowest BCUT2D eigenvalue weighted by atomic mass is 9.87. The van der Waals surface area contributed by atoms with Crippen LogP contribution >= 0.6 is 0 Å². The molecule has 3 aromatic carbocycles. The molecule has 1 aromatic heterocycles. The lowest BCUT2D eigenvalue weighted by Crippen LogP contribution is -2.48. The van der Waals surface area contributed by atoms with E-state index in [0.717, 1.165) is 32.7 Å². The smallest absolute Gasteiger partial charge is 0.223 e. The number of hydrogen-bond donors (Lipinski definition) is 0. The molecule has 1 fully saturated rings. The molecule has 34 heavy (non-hydrogen) atoms. The number of amides is 1. The van der Waals surface area contributed by atoms with Crippen molar-refractivity contribution in [3.63, 3.8) is 0 Å². The molecule has 1 aliphatic heterocycles. The van der Waals surface area contributed by atoms with E-state index >= 15 is 0 Å². The van der Waals surface area contributed by atoms with Crippen molar-refractivity contribution in [2.24, 2.45) is 7.05 Å². The average Bonchev–Trinajstić information content (AvgIpc) is 3.20. The highest BCUT2D eigenvalue weighted by Gasteiger charge is 2.27. The highest BCUT2D eigenvalue weighted by molar-refractivity contribution is 5.86. The fourth-order valence-corrected chi connectivity index (χ4v) is 5.16. The van der Waals surface area contributed by atoms with Crippen LogP contribution < -0.4 is 0 Å². The van der Waals surface area contributed by atoms with E-state index in [-0.39, 0.29) is 11.8 Å². The summed E-state index contributed by atoms with van der Waals surface area (Å²) in [7, 11) is 2.09. The maximum atomic E-state index is 13.5. The summed E-state index contributed by atoms with van der Waals surface area (Å²) in [6, 6.07) is 27.8. The highest BCUT2D eigenvalue weighted by atomic mass is 16.2. The number of hydrogen-bond acceptors (Lipinski definition) is 2. The zero-order valence-electron chi connectivity index (χ0n) is 20.2. The number of aryl methyl sites for hydroxylation is 2. The van der Waals surface area contributed by atoms with Gasteiger partial charge >= 0.3 is 0 Å². The van der Waals surface area contributed by atoms with Crippen LogP contribution in [0.3, 0.4) is 0 Å². The number of piperazine rings is 1. The molecule has 2 heterocycles. The number of carbonyl (C=O) groups excluding carboxylic acids is 1. The summed E-state index contributed by atoms with van der Waals surface area (Å²) in [5.41, 5.74) is 6.21. The number of aromatic nitrogens is 1. The first-order valence-corrected chi connectivity index (χ1v) is 12.2. The summed E-state index contributed by atoms with van der Waals surface area (Å²) in [6.45, 7) is 6.49. The molecule has 0 aliphatic carbocycles. The maximum absolute atomic E-state index is 13.5. The molecule has 1 atom stereocenters. The fourth-order valence-electron chi connectivity index (χ4n) is 5.16. The Hall–Kier alpha value is -3.37. The van der Waals surface area contributed by atoms with Gasteiger partial charge in [0.25, 0.3) is 0 Å². The van der Waals surface area contributed by atoms with Crippen LogP contribution in [0.15, 0.2) is 85.1 Å². The molecule has 4 aromatic rings. The van der Waals surface area contributed by atoms with Crippen LogP contribution in [0.25, 0.3) is 10.9 Å². The molecule has 4 heteroatoms. The van der Waals surface area contributed by atoms with Crippen LogP contribution in [0.5, 0.6) is 0 Å². The Morgan fingerprint density at radius 3 is 2.26 bits per heavy atom. The lowest BCUT2D eigenvalue weighted by molar-refractivity contribution is -0.133. The van der Waals surface area contributed by atoms with Crippen molar-refractivity contribution >= 4 is 16.8 Å². The van der Waals surface area contributed by atoms with Gasteiger partial charge in [-0.3, -0.25) is 9.69 Å². The number of benzene rings is 3. The van der Waals surface area contributed by atoms with Gasteiger partial charge in [0, 0.05) is 69.2 Å². The minimum Gasteiger partial charge on any atom is -0.350 e. The minimum atomic E-state index is 0.0431. The minimum absolute atomic E-state index is 0.0431. The van der Waals surface area contributed by atoms with Crippen LogP contribution in [0.2, 0.25) is 0 Å². The third-order valence-corrected chi connectivity index (χ3v) is 7.14. The first kappa shape index (κ1) is 22.4. The zero-order chi connectivity index (χ0) is 23.5. The van der Waals surface area contributed by atoms with Gasteiger partial charge in [-0.05, 0) is 29.7 Å². The van der Waals surface area contributed by atoms with E-state index in [2.05, 4.69) is 113 Å². The molecule has 1 saturated heterocycles. The van der Waals surface area contributed by atoms with Crippen LogP contribution in [0.4, 0.5) is 0 Å². The van der Waals surface area contributed by atoms with Gasteiger partial charge in [0.1, 0.15) is 0 Å². The van der Waals surface area contributed by atoms with Crippen LogP contribution in [0.1, 0.15) is 34.6 Å². The SMILES string of the molecule is Cc1ccc(C(CC(=O)N2CCN(Cc3ccccc3)CC2)c2cn(C)c3ccccc23)cc1. The van der Waals surface area contributed by atoms with Gasteiger partial charge in [-0.2, -0.15) is 0 Å². The first-order chi connectivity index (χ1) is 16.6. The molecule has 1 unspecified atom stereocenters. The largest absolute Gasteiger partial charge is 0.350 e. The van der Waals surface area contributed by atoms with E-state index in [1.807, 2.05) is 0 Å². The van der Waals surface area contributed by atoms with Crippen molar-refractivity contribution < 1.29 is 4.79 Å². The van der Waals surface area contributed by atoms with E-state index < -0.39 is 0 Å². The Labute approximate surface area is 202 Å². The predicted molar refractivity (Wildman–Crippen MR) is 139 cm³/mol. The Balaban J connectivity index is 1.34. The summed E-state index contributed by atoms with van der Waals surface area (Å²) >= 11 is 0. The number of fused-ring (bicyclic) bond motifs is 1. The summed E-state index contributed by atoms with van der Waals surface area (Å²) in [5.74, 6) is 0.291. The maximum Gasteiger partial charge on any atom is 0.223 e. The zero-order valence-corrected chi connectivity index (χ0v) is 20.2. The third-order valence-electron chi connectivity index (χ3n) is 7.14. The van der Waals surface area contributed by atoms with Crippen LogP contribution in [0, 0.1) is 6.92 Å². The Morgan fingerprint density at radius 1 is 0.853 bits per heavy atom. The van der Waals surface area contributed by atoms with Gasteiger partial charge < -0.3 is 9.47 Å². The molecule has 0 N–H and O–H groups in total. The fraction of sp³-hybridized carbons (Fsp3) is 0.300. The molecular formula is C30H33N3O. The summed E-state index contributed by atoms with van der Waals surface area (Å²) in [5, 5.41) is 1.23. The van der Waals surface area contributed by atoms with E-state index in [1.165, 1.54) is 33.2 Å². The second-order valence-electron chi connectivity index (χ2n) is 9.52. The quantitative estimate of drug-likeness (QED) is 0.395. The summed E-state index contributed by atoms with van der Waals surface area (Å²) < 4.78 is 2.18. The van der Waals surface area contributed by atoms with E-state index in [1.54, 1.807) is 0 Å². The third kappa shape index (κ3) is 4.78. The number of para-hydroxylation sites is 1. The van der Waals surface area contributed by atoms with Gasteiger partial charge in [0.15, 0.2) is 0 Å². The van der Waals surface area contributed by atoms with Crippen molar-refractivity contribution in [3.8, 4) is 0 Å². The van der Waals surface area contributed by atoms with E-state index in [9.17, 15) is 4.79 Å². The highest BCUT2D eigenvalue weighted by Crippen LogP contribution is 2.35. The molecule has 5 rings (SSSR count). The van der Waals surface area contributed by atoms with Crippen molar-refractivity contribution in [3.05, 3.63) is 107 Å².